The molecule has 0 fully saturated rings. The van der Waals surface area contributed by atoms with Gasteiger partial charge in [0.15, 0.2) is 0 Å². The Morgan fingerprint density at radius 2 is 1.79 bits per heavy atom. The maximum atomic E-state index is 12.8. The molecule has 0 aliphatic rings. The van der Waals surface area contributed by atoms with Gasteiger partial charge in [-0.1, -0.05) is 41.5 Å². The van der Waals surface area contributed by atoms with Crippen LogP contribution in [0.5, 0.6) is 5.75 Å². The maximum absolute atomic E-state index is 12.8. The zero-order chi connectivity index (χ0) is 24.8. The zero-order valence-corrected chi connectivity index (χ0v) is 22.4. The number of anilines is 1. The predicted octanol–water partition coefficient (Wildman–Crippen LogP) is 7.06. The fraction of sp³-hybridized carbons (Fsp3) is 0.241. The maximum Gasteiger partial charge on any atom is 0.266 e. The first-order chi connectivity index (χ1) is 16.2. The van der Waals surface area contributed by atoms with Crippen LogP contribution in [0.15, 0.2) is 54.1 Å². The second-order valence-electron chi connectivity index (χ2n) is 8.46. The average Bonchev–Trinajstić information content (AvgIpc) is 2.77. The summed E-state index contributed by atoms with van der Waals surface area (Å²) in [6.07, 6.45) is 2.37. The lowest BCUT2D eigenvalue weighted by molar-refractivity contribution is -0.112. The SMILES string of the molecule is CCOc1cc(/C=C(\C#N)C(=O)Nc2cccc(C)c2C)cc(I)c1Cc1cc(C)cc(C)c1. The Morgan fingerprint density at radius 3 is 2.44 bits per heavy atom. The summed E-state index contributed by atoms with van der Waals surface area (Å²) in [6.45, 7) is 10.6. The van der Waals surface area contributed by atoms with Crippen LogP contribution in [0.2, 0.25) is 0 Å². The van der Waals surface area contributed by atoms with E-state index in [0.717, 1.165) is 38.0 Å². The van der Waals surface area contributed by atoms with Crippen molar-refractivity contribution in [2.24, 2.45) is 0 Å². The van der Waals surface area contributed by atoms with E-state index in [2.05, 4.69) is 60.0 Å². The van der Waals surface area contributed by atoms with Crippen LogP contribution in [-0.2, 0) is 11.2 Å². The Labute approximate surface area is 215 Å². The van der Waals surface area contributed by atoms with Gasteiger partial charge in [0, 0.05) is 21.2 Å². The summed E-state index contributed by atoms with van der Waals surface area (Å²) in [7, 11) is 0. The van der Waals surface area contributed by atoms with Gasteiger partial charge < -0.3 is 10.1 Å². The van der Waals surface area contributed by atoms with E-state index in [4.69, 9.17) is 4.74 Å². The zero-order valence-electron chi connectivity index (χ0n) is 20.3. The number of ether oxygens (including phenoxy) is 1. The molecule has 3 aromatic rings. The van der Waals surface area contributed by atoms with Crippen LogP contribution in [0.25, 0.3) is 6.08 Å². The Balaban J connectivity index is 1.94. The topological polar surface area (TPSA) is 62.1 Å². The number of amides is 1. The first kappa shape index (κ1) is 25.5. The lowest BCUT2D eigenvalue weighted by atomic mass is 9.98. The molecule has 0 bridgehead atoms. The number of carbonyl (C=O) groups excluding carboxylic acids is 1. The summed E-state index contributed by atoms with van der Waals surface area (Å²) in [4.78, 5) is 12.8. The van der Waals surface area contributed by atoms with Gasteiger partial charge in [-0.3, -0.25) is 4.79 Å². The molecule has 1 amide bonds. The molecule has 0 aromatic heterocycles. The third kappa shape index (κ3) is 6.27. The number of rotatable bonds is 7. The van der Waals surface area contributed by atoms with Crippen molar-refractivity contribution in [1.29, 1.82) is 5.26 Å². The fourth-order valence-electron chi connectivity index (χ4n) is 3.94. The number of nitriles is 1. The van der Waals surface area contributed by atoms with E-state index in [-0.39, 0.29) is 5.57 Å². The van der Waals surface area contributed by atoms with Crippen LogP contribution in [0.3, 0.4) is 0 Å². The molecule has 34 heavy (non-hydrogen) atoms. The van der Waals surface area contributed by atoms with Gasteiger partial charge in [0.1, 0.15) is 17.4 Å². The molecule has 0 heterocycles. The third-order valence-electron chi connectivity index (χ3n) is 5.67. The van der Waals surface area contributed by atoms with Crippen LogP contribution >= 0.6 is 22.6 Å². The fourth-order valence-corrected chi connectivity index (χ4v) is 4.75. The van der Waals surface area contributed by atoms with E-state index in [1.54, 1.807) is 6.08 Å². The first-order valence-electron chi connectivity index (χ1n) is 11.2. The summed E-state index contributed by atoms with van der Waals surface area (Å²) in [6, 6.07) is 18.2. The molecule has 3 rings (SSSR count). The molecule has 0 aliphatic carbocycles. The molecule has 4 nitrogen and oxygen atoms in total. The van der Waals surface area contributed by atoms with Gasteiger partial charge in [0.25, 0.3) is 5.91 Å². The third-order valence-corrected chi connectivity index (χ3v) is 6.63. The van der Waals surface area contributed by atoms with Gasteiger partial charge in [0.05, 0.1) is 6.61 Å². The number of nitrogens with zero attached hydrogens (tertiary/aromatic N) is 1. The highest BCUT2D eigenvalue weighted by molar-refractivity contribution is 14.1. The molecule has 174 valence electrons. The average molecular weight is 564 g/mol. The Bertz CT molecular complexity index is 1280. The largest absolute Gasteiger partial charge is 0.494 e. The van der Waals surface area contributed by atoms with Crippen molar-refractivity contribution in [1.82, 2.24) is 0 Å². The molecule has 0 atom stereocenters. The van der Waals surface area contributed by atoms with Gasteiger partial charge in [-0.05, 0) is 104 Å². The second kappa shape index (κ2) is 11.3. The summed E-state index contributed by atoms with van der Waals surface area (Å²) in [5, 5.41) is 12.6. The van der Waals surface area contributed by atoms with Gasteiger partial charge in [0.2, 0.25) is 0 Å². The van der Waals surface area contributed by atoms with Crippen molar-refractivity contribution in [2.45, 2.75) is 41.0 Å². The van der Waals surface area contributed by atoms with Crippen molar-refractivity contribution in [3.63, 3.8) is 0 Å². The smallest absolute Gasteiger partial charge is 0.266 e. The van der Waals surface area contributed by atoms with E-state index in [0.29, 0.717) is 12.3 Å². The highest BCUT2D eigenvalue weighted by Gasteiger charge is 2.15. The van der Waals surface area contributed by atoms with Crippen LogP contribution in [0, 0.1) is 42.6 Å². The molecule has 5 heteroatoms. The number of nitrogens with one attached hydrogen (secondary N) is 1. The summed E-state index contributed by atoms with van der Waals surface area (Å²) < 4.78 is 7.00. The van der Waals surface area contributed by atoms with Gasteiger partial charge in [-0.15, -0.1) is 0 Å². The predicted molar refractivity (Wildman–Crippen MR) is 147 cm³/mol. The standard InChI is InChI=1S/C29H29IN2O2/c1-6-34-28-16-23(15-26(30)25(28)14-22-11-18(2)10-19(3)12-22)13-24(17-31)29(33)32-27-9-7-8-20(4)21(27)5/h7-13,15-16H,6,14H2,1-5H3,(H,32,33)/b24-13+. The van der Waals surface area contributed by atoms with Crippen molar-refractivity contribution in [3.05, 3.63) is 96.6 Å². The second-order valence-corrected chi connectivity index (χ2v) is 9.62. The molecular formula is C29H29IN2O2. The normalized spacial score (nSPS) is 11.1. The molecule has 1 N–H and O–H groups in total. The van der Waals surface area contributed by atoms with E-state index < -0.39 is 5.91 Å². The molecule has 0 saturated carbocycles. The van der Waals surface area contributed by atoms with E-state index >= 15 is 0 Å². The lowest BCUT2D eigenvalue weighted by Crippen LogP contribution is -2.14. The number of halogens is 1. The summed E-state index contributed by atoms with van der Waals surface area (Å²) in [5.41, 5.74) is 8.36. The van der Waals surface area contributed by atoms with Crippen molar-refractivity contribution in [3.8, 4) is 11.8 Å². The molecule has 0 spiro atoms. The van der Waals surface area contributed by atoms with Crippen LogP contribution in [0.1, 0.15) is 45.9 Å². The highest BCUT2D eigenvalue weighted by atomic mass is 127. The van der Waals surface area contributed by atoms with E-state index in [9.17, 15) is 10.1 Å². The quantitative estimate of drug-likeness (QED) is 0.190. The molecule has 3 aromatic carbocycles. The van der Waals surface area contributed by atoms with Gasteiger partial charge in [-0.2, -0.15) is 5.26 Å². The number of hydrogen-bond donors (Lipinski definition) is 1. The first-order valence-corrected chi connectivity index (χ1v) is 12.3. The number of aryl methyl sites for hydroxylation is 3. The molecule has 0 saturated heterocycles. The van der Waals surface area contributed by atoms with Crippen molar-refractivity contribution < 1.29 is 9.53 Å². The highest BCUT2D eigenvalue weighted by Crippen LogP contribution is 2.30. The molecule has 0 aliphatic heterocycles. The lowest BCUT2D eigenvalue weighted by Gasteiger charge is -2.15. The van der Waals surface area contributed by atoms with E-state index in [1.807, 2.05) is 57.2 Å². The van der Waals surface area contributed by atoms with Crippen molar-refractivity contribution >= 4 is 40.3 Å². The molecular weight excluding hydrogens is 535 g/mol. The van der Waals surface area contributed by atoms with Crippen LogP contribution in [0.4, 0.5) is 5.69 Å². The van der Waals surface area contributed by atoms with E-state index in [1.165, 1.54) is 16.7 Å². The minimum Gasteiger partial charge on any atom is -0.494 e. The minimum atomic E-state index is -0.427. The monoisotopic (exact) mass is 564 g/mol. The Hall–Kier alpha value is -3.11. The van der Waals surface area contributed by atoms with Crippen LogP contribution < -0.4 is 10.1 Å². The Morgan fingerprint density at radius 1 is 1.09 bits per heavy atom. The van der Waals surface area contributed by atoms with Gasteiger partial charge >= 0.3 is 0 Å². The Kier molecular flexibility index (Phi) is 8.51. The summed E-state index contributed by atoms with van der Waals surface area (Å²) >= 11 is 2.31. The number of hydrogen-bond acceptors (Lipinski definition) is 3. The molecule has 0 radical (unpaired) electrons. The van der Waals surface area contributed by atoms with Gasteiger partial charge in [-0.25, -0.2) is 0 Å². The number of benzene rings is 3. The summed E-state index contributed by atoms with van der Waals surface area (Å²) in [5.74, 6) is 0.343. The van der Waals surface area contributed by atoms with Crippen LogP contribution in [-0.4, -0.2) is 12.5 Å². The number of carbonyl (C=O) groups is 1. The van der Waals surface area contributed by atoms with Crippen molar-refractivity contribution in [2.75, 3.05) is 11.9 Å². The molecule has 0 unspecified atom stereocenters. The minimum absolute atomic E-state index is 0.0428.